The highest BCUT2D eigenvalue weighted by atomic mass is 16.5. The number of carbonyl (C=O) groups is 1. The average Bonchev–Trinajstić information content (AvgIpc) is 2.50. The van der Waals surface area contributed by atoms with Gasteiger partial charge in [-0.05, 0) is 11.5 Å². The Kier molecular flexibility index (Phi) is 5.78. The van der Waals surface area contributed by atoms with Crippen LogP contribution in [0.5, 0.6) is 5.75 Å². The Morgan fingerprint density at radius 2 is 1.91 bits per heavy atom. The van der Waals surface area contributed by atoms with Crippen LogP contribution in [0.25, 0.3) is 10.8 Å². The maximum Gasteiger partial charge on any atom is 0.257 e. The SMILES string of the molecule is C[C@@H](CNC(=O)COc1cccc2ccccc12)C[NH+](C)C. The zero-order valence-corrected chi connectivity index (χ0v) is 13.6. The fourth-order valence-corrected chi connectivity index (χ4v) is 2.57. The van der Waals surface area contributed by atoms with E-state index in [4.69, 9.17) is 4.74 Å². The van der Waals surface area contributed by atoms with Crippen LogP contribution >= 0.6 is 0 Å². The molecule has 0 saturated carbocycles. The maximum atomic E-state index is 11.9. The van der Waals surface area contributed by atoms with Crippen molar-refractivity contribution in [2.45, 2.75) is 6.92 Å². The van der Waals surface area contributed by atoms with Crippen LogP contribution in [0.3, 0.4) is 0 Å². The maximum absolute atomic E-state index is 11.9. The highest BCUT2D eigenvalue weighted by Gasteiger charge is 2.09. The molecule has 0 spiro atoms. The van der Waals surface area contributed by atoms with Crippen LogP contribution in [0.4, 0.5) is 0 Å². The lowest BCUT2D eigenvalue weighted by molar-refractivity contribution is -0.861. The van der Waals surface area contributed by atoms with Crippen LogP contribution in [0.1, 0.15) is 6.92 Å². The van der Waals surface area contributed by atoms with E-state index in [2.05, 4.69) is 26.3 Å². The lowest BCUT2D eigenvalue weighted by atomic mass is 10.1. The van der Waals surface area contributed by atoms with Gasteiger partial charge in [0.2, 0.25) is 0 Å². The minimum atomic E-state index is -0.0754. The zero-order valence-electron chi connectivity index (χ0n) is 13.6. The van der Waals surface area contributed by atoms with Crippen LogP contribution in [-0.4, -0.2) is 39.7 Å². The molecule has 4 heteroatoms. The molecule has 2 aromatic carbocycles. The number of nitrogens with one attached hydrogen (secondary N) is 2. The summed E-state index contributed by atoms with van der Waals surface area (Å²) in [5.41, 5.74) is 0. The number of amides is 1. The normalized spacial score (nSPS) is 12.4. The minimum Gasteiger partial charge on any atom is -0.483 e. The van der Waals surface area contributed by atoms with Crippen molar-refractivity contribution >= 4 is 16.7 Å². The summed E-state index contributed by atoms with van der Waals surface area (Å²) in [5, 5.41) is 5.07. The van der Waals surface area contributed by atoms with Gasteiger partial charge < -0.3 is 15.0 Å². The molecule has 118 valence electrons. The smallest absolute Gasteiger partial charge is 0.257 e. The zero-order chi connectivity index (χ0) is 15.9. The topological polar surface area (TPSA) is 42.8 Å². The van der Waals surface area contributed by atoms with Crippen molar-refractivity contribution in [3.63, 3.8) is 0 Å². The largest absolute Gasteiger partial charge is 0.483 e. The number of hydrogen-bond acceptors (Lipinski definition) is 2. The van der Waals surface area contributed by atoms with Crippen LogP contribution in [0, 0.1) is 5.92 Å². The van der Waals surface area contributed by atoms with E-state index in [0.717, 1.165) is 23.1 Å². The van der Waals surface area contributed by atoms with Gasteiger partial charge in [-0.1, -0.05) is 43.3 Å². The third kappa shape index (κ3) is 4.74. The van der Waals surface area contributed by atoms with E-state index in [9.17, 15) is 4.79 Å². The van der Waals surface area contributed by atoms with Gasteiger partial charge >= 0.3 is 0 Å². The van der Waals surface area contributed by atoms with Gasteiger partial charge in [-0.2, -0.15) is 0 Å². The number of fused-ring (bicyclic) bond motifs is 1. The molecule has 0 bridgehead atoms. The first-order valence-electron chi connectivity index (χ1n) is 7.72. The average molecular weight is 301 g/mol. The number of ether oxygens (including phenoxy) is 1. The Morgan fingerprint density at radius 1 is 1.18 bits per heavy atom. The van der Waals surface area contributed by atoms with Crippen molar-refractivity contribution in [3.05, 3.63) is 42.5 Å². The van der Waals surface area contributed by atoms with E-state index >= 15 is 0 Å². The lowest BCUT2D eigenvalue weighted by Crippen LogP contribution is -3.06. The molecule has 1 atom stereocenters. The van der Waals surface area contributed by atoms with E-state index in [1.807, 2.05) is 42.5 Å². The quantitative estimate of drug-likeness (QED) is 0.805. The Morgan fingerprint density at radius 3 is 2.68 bits per heavy atom. The summed E-state index contributed by atoms with van der Waals surface area (Å²) in [6.45, 7) is 3.90. The first-order valence-corrected chi connectivity index (χ1v) is 7.72. The molecular formula is C18H25N2O2+. The third-order valence-electron chi connectivity index (χ3n) is 3.51. The van der Waals surface area contributed by atoms with Crippen LogP contribution in [0.2, 0.25) is 0 Å². The summed E-state index contributed by atoms with van der Waals surface area (Å²) in [6.07, 6.45) is 0. The second kappa shape index (κ2) is 7.80. The Labute approximate surface area is 132 Å². The van der Waals surface area contributed by atoms with Crippen molar-refractivity contribution in [1.29, 1.82) is 0 Å². The fourth-order valence-electron chi connectivity index (χ4n) is 2.57. The minimum absolute atomic E-state index is 0.0511. The van der Waals surface area contributed by atoms with E-state index in [-0.39, 0.29) is 12.5 Å². The monoisotopic (exact) mass is 301 g/mol. The van der Waals surface area contributed by atoms with Gasteiger partial charge in [-0.15, -0.1) is 0 Å². The molecule has 2 rings (SSSR count). The summed E-state index contributed by atoms with van der Waals surface area (Å²) < 4.78 is 5.68. The summed E-state index contributed by atoms with van der Waals surface area (Å²) in [5.74, 6) is 1.12. The first kappa shape index (κ1) is 16.3. The highest BCUT2D eigenvalue weighted by Crippen LogP contribution is 2.24. The van der Waals surface area contributed by atoms with Crippen LogP contribution < -0.4 is 15.0 Å². The van der Waals surface area contributed by atoms with Crippen molar-refractivity contribution in [2.24, 2.45) is 5.92 Å². The first-order chi connectivity index (χ1) is 10.6. The molecular weight excluding hydrogens is 276 g/mol. The van der Waals surface area contributed by atoms with Gasteiger partial charge in [0.15, 0.2) is 6.61 Å². The number of benzene rings is 2. The van der Waals surface area contributed by atoms with Gasteiger partial charge in [-0.25, -0.2) is 0 Å². The molecule has 0 heterocycles. The van der Waals surface area contributed by atoms with Gasteiger partial charge in [0.1, 0.15) is 5.75 Å². The van der Waals surface area contributed by atoms with Crippen molar-refractivity contribution in [3.8, 4) is 5.75 Å². The summed E-state index contributed by atoms with van der Waals surface area (Å²) in [7, 11) is 4.23. The molecule has 1 amide bonds. The highest BCUT2D eigenvalue weighted by molar-refractivity contribution is 5.88. The van der Waals surface area contributed by atoms with Gasteiger partial charge in [0, 0.05) is 17.8 Å². The number of rotatable bonds is 7. The molecule has 0 radical (unpaired) electrons. The molecule has 0 aliphatic rings. The van der Waals surface area contributed by atoms with Crippen LogP contribution in [-0.2, 0) is 4.79 Å². The Bertz CT molecular complexity index is 620. The number of quaternary nitrogens is 1. The van der Waals surface area contributed by atoms with E-state index < -0.39 is 0 Å². The second-order valence-electron chi connectivity index (χ2n) is 6.09. The lowest BCUT2D eigenvalue weighted by Gasteiger charge is -2.15. The summed E-state index contributed by atoms with van der Waals surface area (Å²) >= 11 is 0. The summed E-state index contributed by atoms with van der Waals surface area (Å²) in [6, 6.07) is 13.9. The molecule has 2 aromatic rings. The molecule has 0 unspecified atom stereocenters. The summed E-state index contributed by atoms with van der Waals surface area (Å²) in [4.78, 5) is 13.3. The predicted molar refractivity (Wildman–Crippen MR) is 89.3 cm³/mol. The van der Waals surface area contributed by atoms with Crippen molar-refractivity contribution in [2.75, 3.05) is 33.8 Å². The molecule has 22 heavy (non-hydrogen) atoms. The molecule has 0 fully saturated rings. The molecule has 4 nitrogen and oxygen atoms in total. The van der Waals surface area contributed by atoms with Crippen molar-refractivity contribution < 1.29 is 14.4 Å². The molecule has 0 aromatic heterocycles. The van der Waals surface area contributed by atoms with E-state index in [0.29, 0.717) is 12.5 Å². The molecule has 0 aliphatic heterocycles. The van der Waals surface area contributed by atoms with Gasteiger partial charge in [0.05, 0.1) is 20.6 Å². The Balaban J connectivity index is 1.85. The predicted octanol–water partition coefficient (Wildman–Crippen LogP) is 1.12. The van der Waals surface area contributed by atoms with E-state index in [1.165, 1.54) is 4.90 Å². The van der Waals surface area contributed by atoms with Gasteiger partial charge in [0.25, 0.3) is 5.91 Å². The van der Waals surface area contributed by atoms with Crippen molar-refractivity contribution in [1.82, 2.24) is 5.32 Å². The standard InChI is InChI=1S/C18H24N2O2/c1-14(12-20(2)3)11-19-18(21)13-22-17-10-6-8-15-7-4-5-9-16(15)17/h4-10,14H,11-13H2,1-3H3,(H,19,21)/p+1/t14-/m0/s1. The third-order valence-corrected chi connectivity index (χ3v) is 3.51. The van der Waals surface area contributed by atoms with Gasteiger partial charge in [-0.3, -0.25) is 4.79 Å². The number of hydrogen-bond donors (Lipinski definition) is 2. The van der Waals surface area contributed by atoms with Crippen LogP contribution in [0.15, 0.2) is 42.5 Å². The number of carbonyl (C=O) groups excluding carboxylic acids is 1. The second-order valence-corrected chi connectivity index (χ2v) is 6.09. The molecule has 0 aliphatic carbocycles. The fraction of sp³-hybridized carbons (Fsp3) is 0.389. The van der Waals surface area contributed by atoms with E-state index in [1.54, 1.807) is 0 Å². The molecule has 2 N–H and O–H groups in total. The molecule has 0 saturated heterocycles. The Hall–Kier alpha value is -2.07.